The van der Waals surface area contributed by atoms with Gasteiger partial charge in [-0.25, -0.2) is 0 Å². The lowest BCUT2D eigenvalue weighted by Gasteiger charge is -2.51. The summed E-state index contributed by atoms with van der Waals surface area (Å²) in [5.74, 6) is 0.910. The quantitative estimate of drug-likeness (QED) is 0.302. The smallest absolute Gasteiger partial charge is 0.144 e. The molecule has 174 valence electrons. The molecule has 0 amide bonds. The second-order valence-electron chi connectivity index (χ2n) is 11.5. The van der Waals surface area contributed by atoms with Crippen molar-refractivity contribution in [3.05, 3.63) is 84.1 Å². The molecule has 0 saturated heterocycles. The molecule has 0 aliphatic heterocycles. The minimum Gasteiger partial charge on any atom is -0.455 e. The van der Waals surface area contributed by atoms with Gasteiger partial charge in [0.1, 0.15) is 11.2 Å². The number of nitrogens with zero attached hydrogens (tertiary/aromatic N) is 2. The lowest BCUT2D eigenvalue weighted by atomic mass is 9.53. The van der Waals surface area contributed by atoms with Crippen LogP contribution < -0.4 is 0 Å². The molecule has 1 fully saturated rings. The summed E-state index contributed by atoms with van der Waals surface area (Å²) < 4.78 is 6.63. The molecule has 2 unspecified atom stereocenters. The first-order chi connectivity index (χ1) is 16.8. The van der Waals surface area contributed by atoms with E-state index in [-0.39, 0.29) is 10.8 Å². The van der Waals surface area contributed by atoms with Crippen molar-refractivity contribution in [2.45, 2.75) is 40.5 Å². The Morgan fingerprint density at radius 3 is 2.40 bits per heavy atom. The van der Waals surface area contributed by atoms with Crippen LogP contribution in [0.2, 0.25) is 0 Å². The van der Waals surface area contributed by atoms with Gasteiger partial charge in [-0.2, -0.15) is 5.26 Å². The first-order valence-electron chi connectivity index (χ1n) is 12.5. The SMILES string of the molecule is CC1(C)CCC(C)(C)C2C=C(c3c(C#N)ccc4c3oc3c(-c5ccccn5)cccc34)C=CC21. The second-order valence-corrected chi connectivity index (χ2v) is 11.5. The number of aromatic nitrogens is 1. The Kier molecular flexibility index (Phi) is 4.80. The lowest BCUT2D eigenvalue weighted by Crippen LogP contribution is -2.43. The number of hydrogen-bond acceptors (Lipinski definition) is 3. The molecule has 0 bridgehead atoms. The summed E-state index contributed by atoms with van der Waals surface area (Å²) in [5.41, 5.74) is 6.56. The molecule has 0 radical (unpaired) electrons. The zero-order chi connectivity index (χ0) is 24.4. The van der Waals surface area contributed by atoms with E-state index in [4.69, 9.17) is 4.42 Å². The van der Waals surface area contributed by atoms with Crippen LogP contribution >= 0.6 is 0 Å². The van der Waals surface area contributed by atoms with E-state index in [1.165, 1.54) is 12.8 Å². The van der Waals surface area contributed by atoms with Crippen LogP contribution in [0.25, 0.3) is 38.8 Å². The van der Waals surface area contributed by atoms with Crippen LogP contribution in [-0.4, -0.2) is 4.98 Å². The standard InChI is InChI=1S/C32H30N2O/c1-31(2)15-16-32(3,4)26-18-20(12-14-25(26)31)28-21(19-33)11-13-23-22-8-7-9-24(29(22)35-30(23)28)27-10-5-6-17-34-27/h5-14,17-18,25-26H,15-16H2,1-4H3. The first-order valence-corrected chi connectivity index (χ1v) is 12.5. The zero-order valence-electron chi connectivity index (χ0n) is 20.8. The van der Waals surface area contributed by atoms with Gasteiger partial charge in [-0.15, -0.1) is 0 Å². The average Bonchev–Trinajstić information content (AvgIpc) is 3.25. The van der Waals surface area contributed by atoms with Gasteiger partial charge < -0.3 is 4.42 Å². The Balaban J connectivity index is 1.59. The highest BCUT2D eigenvalue weighted by molar-refractivity contribution is 6.12. The minimum atomic E-state index is 0.205. The predicted molar refractivity (Wildman–Crippen MR) is 143 cm³/mol. The van der Waals surface area contributed by atoms with E-state index in [1.54, 1.807) is 6.20 Å². The summed E-state index contributed by atoms with van der Waals surface area (Å²) in [6, 6.07) is 18.5. The van der Waals surface area contributed by atoms with E-state index in [1.807, 2.05) is 30.3 Å². The number of hydrogen-bond donors (Lipinski definition) is 0. The van der Waals surface area contributed by atoms with E-state index in [0.29, 0.717) is 17.4 Å². The molecule has 6 rings (SSSR count). The van der Waals surface area contributed by atoms with Gasteiger partial charge in [-0.05, 0) is 71.4 Å². The molecule has 35 heavy (non-hydrogen) atoms. The third-order valence-electron chi connectivity index (χ3n) is 8.46. The van der Waals surface area contributed by atoms with Crippen LogP contribution in [0.3, 0.4) is 0 Å². The zero-order valence-corrected chi connectivity index (χ0v) is 20.8. The largest absolute Gasteiger partial charge is 0.455 e. The molecular weight excluding hydrogens is 428 g/mol. The number of fused-ring (bicyclic) bond motifs is 4. The Hall–Kier alpha value is -3.64. The molecule has 3 heteroatoms. The Morgan fingerprint density at radius 2 is 1.66 bits per heavy atom. The monoisotopic (exact) mass is 458 g/mol. The highest BCUT2D eigenvalue weighted by Gasteiger charge is 2.46. The van der Waals surface area contributed by atoms with Gasteiger partial charge >= 0.3 is 0 Å². The van der Waals surface area contributed by atoms with E-state index in [0.717, 1.165) is 44.3 Å². The number of allylic oxidation sites excluding steroid dienone is 4. The number of benzene rings is 2. The van der Waals surface area contributed by atoms with Gasteiger partial charge in [0.15, 0.2) is 0 Å². The van der Waals surface area contributed by atoms with E-state index in [2.05, 4.69) is 75.2 Å². The second kappa shape index (κ2) is 7.68. The molecule has 2 aromatic carbocycles. The summed E-state index contributed by atoms with van der Waals surface area (Å²) in [5, 5.41) is 12.2. The van der Waals surface area contributed by atoms with Gasteiger partial charge in [-0.1, -0.05) is 64.1 Å². The van der Waals surface area contributed by atoms with Crippen LogP contribution in [0, 0.1) is 34.0 Å². The van der Waals surface area contributed by atoms with Crippen LogP contribution in [0.5, 0.6) is 0 Å². The van der Waals surface area contributed by atoms with Gasteiger partial charge in [0.25, 0.3) is 0 Å². The van der Waals surface area contributed by atoms with Gasteiger partial charge in [0.05, 0.1) is 17.3 Å². The Morgan fingerprint density at radius 1 is 0.886 bits per heavy atom. The third-order valence-corrected chi connectivity index (χ3v) is 8.46. The van der Waals surface area contributed by atoms with Gasteiger partial charge in [0, 0.05) is 28.1 Å². The van der Waals surface area contributed by atoms with Crippen molar-refractivity contribution < 1.29 is 4.42 Å². The van der Waals surface area contributed by atoms with Crippen molar-refractivity contribution in [2.24, 2.45) is 22.7 Å². The van der Waals surface area contributed by atoms with Crippen molar-refractivity contribution in [2.75, 3.05) is 0 Å². The number of rotatable bonds is 2. The fraction of sp³-hybridized carbons (Fsp3) is 0.312. The van der Waals surface area contributed by atoms with Crippen molar-refractivity contribution in [3.8, 4) is 17.3 Å². The van der Waals surface area contributed by atoms with Crippen LogP contribution in [0.4, 0.5) is 0 Å². The van der Waals surface area contributed by atoms with E-state index in [9.17, 15) is 5.26 Å². The lowest BCUT2D eigenvalue weighted by molar-refractivity contribution is 0.0337. The average molecular weight is 459 g/mol. The maximum absolute atomic E-state index is 10.1. The van der Waals surface area contributed by atoms with Crippen LogP contribution in [-0.2, 0) is 0 Å². The van der Waals surface area contributed by atoms with Crippen LogP contribution in [0.1, 0.15) is 51.7 Å². The van der Waals surface area contributed by atoms with Crippen molar-refractivity contribution in [1.29, 1.82) is 5.26 Å². The highest BCUT2D eigenvalue weighted by Crippen LogP contribution is 2.56. The normalized spacial score (nSPS) is 22.5. The molecule has 3 nitrogen and oxygen atoms in total. The fourth-order valence-electron chi connectivity index (χ4n) is 6.25. The third kappa shape index (κ3) is 3.35. The predicted octanol–water partition coefficient (Wildman–Crippen LogP) is 8.55. The molecule has 2 heterocycles. The molecule has 4 aromatic rings. The number of para-hydroxylation sites is 1. The molecule has 2 atom stereocenters. The minimum absolute atomic E-state index is 0.205. The fourth-order valence-corrected chi connectivity index (χ4v) is 6.25. The maximum atomic E-state index is 10.1. The summed E-state index contributed by atoms with van der Waals surface area (Å²) in [6.45, 7) is 9.56. The molecule has 2 aliphatic carbocycles. The first kappa shape index (κ1) is 21.9. The maximum Gasteiger partial charge on any atom is 0.144 e. The molecule has 1 saturated carbocycles. The summed E-state index contributed by atoms with van der Waals surface area (Å²) in [7, 11) is 0. The van der Waals surface area contributed by atoms with Crippen LogP contribution in [0.15, 0.2) is 77.4 Å². The molecular formula is C32H30N2O. The molecule has 0 spiro atoms. The van der Waals surface area contributed by atoms with E-state index >= 15 is 0 Å². The van der Waals surface area contributed by atoms with Gasteiger partial charge in [-0.3, -0.25) is 4.98 Å². The number of nitriles is 1. The summed E-state index contributed by atoms with van der Waals surface area (Å²) >= 11 is 0. The van der Waals surface area contributed by atoms with Crippen molar-refractivity contribution in [1.82, 2.24) is 4.98 Å². The van der Waals surface area contributed by atoms with Gasteiger partial charge in [0.2, 0.25) is 0 Å². The van der Waals surface area contributed by atoms with Crippen molar-refractivity contribution >= 4 is 27.5 Å². The topological polar surface area (TPSA) is 49.8 Å². The summed E-state index contributed by atoms with van der Waals surface area (Å²) in [4.78, 5) is 4.56. The highest BCUT2D eigenvalue weighted by atomic mass is 16.3. The summed E-state index contributed by atoms with van der Waals surface area (Å²) in [6.07, 6.45) is 11.3. The number of pyridine rings is 1. The Bertz CT molecular complexity index is 1560. The molecule has 2 aliphatic rings. The molecule has 0 N–H and O–H groups in total. The Labute approximate surface area is 206 Å². The number of furan rings is 1. The van der Waals surface area contributed by atoms with Crippen molar-refractivity contribution in [3.63, 3.8) is 0 Å². The molecule has 2 aromatic heterocycles. The van der Waals surface area contributed by atoms with E-state index < -0.39 is 0 Å².